The van der Waals surface area contributed by atoms with Crippen molar-refractivity contribution in [1.82, 2.24) is 20.0 Å². The van der Waals surface area contributed by atoms with Crippen LogP contribution in [0.5, 0.6) is 0 Å². The SMILES string of the molecule is CN(C)C(=O)N1CCC[C@H](C(=O)Nc2nnc(CC(C)(C)C)s2)C1. The molecule has 1 N–H and O–H groups in total. The van der Waals surface area contributed by atoms with Crippen molar-refractivity contribution in [2.45, 2.75) is 40.0 Å². The third-order valence-electron chi connectivity index (χ3n) is 3.82. The van der Waals surface area contributed by atoms with Gasteiger partial charge in [0.25, 0.3) is 0 Å². The molecule has 134 valence electrons. The quantitative estimate of drug-likeness (QED) is 0.905. The van der Waals surface area contributed by atoms with Gasteiger partial charge in [-0.25, -0.2) is 4.79 Å². The number of anilines is 1. The van der Waals surface area contributed by atoms with Crippen LogP contribution in [0.3, 0.4) is 0 Å². The highest BCUT2D eigenvalue weighted by atomic mass is 32.1. The van der Waals surface area contributed by atoms with Crippen molar-refractivity contribution < 1.29 is 9.59 Å². The molecule has 7 nitrogen and oxygen atoms in total. The van der Waals surface area contributed by atoms with Crippen LogP contribution in [0.1, 0.15) is 38.6 Å². The number of urea groups is 1. The molecule has 1 aromatic heterocycles. The van der Waals surface area contributed by atoms with Gasteiger partial charge in [-0.3, -0.25) is 4.79 Å². The van der Waals surface area contributed by atoms with E-state index < -0.39 is 0 Å². The number of nitrogens with one attached hydrogen (secondary N) is 1. The van der Waals surface area contributed by atoms with Crippen LogP contribution in [-0.4, -0.2) is 59.1 Å². The van der Waals surface area contributed by atoms with Gasteiger partial charge in [0.2, 0.25) is 11.0 Å². The van der Waals surface area contributed by atoms with Gasteiger partial charge in [0.1, 0.15) is 5.01 Å². The predicted molar refractivity (Wildman–Crippen MR) is 95.1 cm³/mol. The molecule has 1 saturated heterocycles. The van der Waals surface area contributed by atoms with Crippen LogP contribution >= 0.6 is 11.3 Å². The zero-order valence-corrected chi connectivity index (χ0v) is 15.9. The van der Waals surface area contributed by atoms with E-state index in [1.807, 2.05) is 0 Å². The summed E-state index contributed by atoms with van der Waals surface area (Å²) in [6, 6.07) is -0.0455. The Morgan fingerprint density at radius 2 is 2.04 bits per heavy atom. The molecule has 0 bridgehead atoms. The third kappa shape index (κ3) is 5.15. The van der Waals surface area contributed by atoms with Gasteiger partial charge in [-0.05, 0) is 18.3 Å². The van der Waals surface area contributed by atoms with Crippen LogP contribution in [0.2, 0.25) is 0 Å². The summed E-state index contributed by atoms with van der Waals surface area (Å²) in [5.74, 6) is -0.276. The lowest BCUT2D eigenvalue weighted by atomic mass is 9.93. The minimum Gasteiger partial charge on any atom is -0.331 e. The summed E-state index contributed by atoms with van der Waals surface area (Å²) in [6.07, 6.45) is 2.45. The van der Waals surface area contributed by atoms with E-state index in [1.54, 1.807) is 23.9 Å². The summed E-state index contributed by atoms with van der Waals surface area (Å²) in [7, 11) is 3.45. The number of carbonyl (C=O) groups excluding carboxylic acids is 2. The van der Waals surface area contributed by atoms with E-state index in [-0.39, 0.29) is 23.3 Å². The van der Waals surface area contributed by atoms with E-state index in [1.165, 1.54) is 11.3 Å². The average molecular weight is 353 g/mol. The molecule has 0 saturated carbocycles. The lowest BCUT2D eigenvalue weighted by Crippen LogP contribution is -2.47. The lowest BCUT2D eigenvalue weighted by Gasteiger charge is -2.33. The third-order valence-corrected chi connectivity index (χ3v) is 4.66. The Balaban J connectivity index is 1.93. The van der Waals surface area contributed by atoms with Crippen molar-refractivity contribution in [2.75, 3.05) is 32.5 Å². The Bertz CT molecular complexity index is 594. The van der Waals surface area contributed by atoms with Crippen LogP contribution in [-0.2, 0) is 11.2 Å². The minimum absolute atomic E-state index is 0.0455. The molecule has 0 unspecified atom stereocenters. The molecule has 2 rings (SSSR count). The Labute approximate surface area is 147 Å². The van der Waals surface area contributed by atoms with E-state index in [0.29, 0.717) is 18.2 Å². The Kier molecular flexibility index (Phi) is 5.79. The van der Waals surface area contributed by atoms with Gasteiger partial charge >= 0.3 is 6.03 Å². The standard InChI is InChI=1S/C16H27N5O2S/c1-16(2,3)9-12-18-19-14(24-12)17-13(22)11-7-6-8-21(10-11)15(23)20(4)5/h11H,6-10H2,1-5H3,(H,17,19,22)/t11-/m0/s1. The smallest absolute Gasteiger partial charge is 0.319 e. The maximum absolute atomic E-state index is 12.5. The molecule has 1 aliphatic rings. The van der Waals surface area contributed by atoms with Crippen molar-refractivity contribution in [2.24, 2.45) is 11.3 Å². The second kappa shape index (κ2) is 7.46. The van der Waals surface area contributed by atoms with Gasteiger partial charge in [0.05, 0.1) is 5.92 Å². The minimum atomic E-state index is -0.197. The molecule has 0 aromatic carbocycles. The molecule has 0 aliphatic carbocycles. The fourth-order valence-electron chi connectivity index (χ4n) is 2.68. The highest BCUT2D eigenvalue weighted by molar-refractivity contribution is 7.15. The summed E-state index contributed by atoms with van der Waals surface area (Å²) in [5, 5.41) is 12.5. The first-order valence-corrected chi connectivity index (χ1v) is 9.07. The Morgan fingerprint density at radius 3 is 2.67 bits per heavy atom. The number of rotatable bonds is 3. The molecule has 0 spiro atoms. The summed E-state index contributed by atoms with van der Waals surface area (Å²) >= 11 is 1.42. The predicted octanol–water partition coefficient (Wildman–Crippen LogP) is 2.46. The molecule has 1 atom stereocenters. The van der Waals surface area contributed by atoms with Crippen LogP contribution in [0, 0.1) is 11.3 Å². The number of amides is 3. The van der Waals surface area contributed by atoms with Crippen LogP contribution < -0.4 is 5.32 Å². The van der Waals surface area contributed by atoms with Crippen molar-refractivity contribution in [1.29, 1.82) is 0 Å². The number of hydrogen-bond donors (Lipinski definition) is 1. The number of piperidine rings is 1. The van der Waals surface area contributed by atoms with E-state index in [4.69, 9.17) is 0 Å². The number of nitrogens with zero attached hydrogens (tertiary/aromatic N) is 4. The lowest BCUT2D eigenvalue weighted by molar-refractivity contribution is -0.121. The zero-order valence-electron chi connectivity index (χ0n) is 15.1. The molecule has 24 heavy (non-hydrogen) atoms. The molecule has 1 aromatic rings. The first-order chi connectivity index (χ1) is 11.2. The van der Waals surface area contributed by atoms with Gasteiger partial charge in [0, 0.05) is 33.6 Å². The zero-order chi connectivity index (χ0) is 17.9. The maximum atomic E-state index is 12.5. The van der Waals surface area contributed by atoms with Gasteiger partial charge in [0.15, 0.2) is 0 Å². The molecule has 8 heteroatoms. The molecular formula is C16H27N5O2S. The summed E-state index contributed by atoms with van der Waals surface area (Å²) in [5.41, 5.74) is 0.136. The Hall–Kier alpha value is -1.70. The van der Waals surface area contributed by atoms with Gasteiger partial charge < -0.3 is 15.1 Å². The maximum Gasteiger partial charge on any atom is 0.319 e. The first-order valence-electron chi connectivity index (χ1n) is 8.25. The molecular weight excluding hydrogens is 326 g/mol. The van der Waals surface area contributed by atoms with E-state index in [2.05, 4.69) is 36.3 Å². The van der Waals surface area contributed by atoms with Gasteiger partial charge in [-0.15, -0.1) is 10.2 Å². The Morgan fingerprint density at radius 1 is 1.33 bits per heavy atom. The highest BCUT2D eigenvalue weighted by Crippen LogP contribution is 2.26. The largest absolute Gasteiger partial charge is 0.331 e. The number of hydrogen-bond acceptors (Lipinski definition) is 5. The van der Waals surface area contributed by atoms with Crippen molar-refractivity contribution >= 4 is 28.4 Å². The topological polar surface area (TPSA) is 78.4 Å². The second-order valence-corrected chi connectivity index (χ2v) is 8.75. The van der Waals surface area contributed by atoms with Crippen molar-refractivity contribution in [3.8, 4) is 0 Å². The van der Waals surface area contributed by atoms with Crippen molar-refractivity contribution in [3.63, 3.8) is 0 Å². The monoisotopic (exact) mass is 353 g/mol. The van der Waals surface area contributed by atoms with Gasteiger partial charge in [-0.2, -0.15) is 0 Å². The van der Waals surface area contributed by atoms with Crippen LogP contribution in [0.15, 0.2) is 0 Å². The number of carbonyl (C=O) groups is 2. The second-order valence-electron chi connectivity index (χ2n) is 7.69. The van der Waals surface area contributed by atoms with Crippen LogP contribution in [0.25, 0.3) is 0 Å². The van der Waals surface area contributed by atoms with Crippen molar-refractivity contribution in [3.05, 3.63) is 5.01 Å². The number of likely N-dealkylation sites (tertiary alicyclic amines) is 1. The first kappa shape index (κ1) is 18.6. The van der Waals surface area contributed by atoms with Gasteiger partial charge in [-0.1, -0.05) is 32.1 Å². The van der Waals surface area contributed by atoms with E-state index >= 15 is 0 Å². The molecule has 1 fully saturated rings. The molecule has 3 amide bonds. The fourth-order valence-corrected chi connectivity index (χ4v) is 3.73. The summed E-state index contributed by atoms with van der Waals surface area (Å²) in [6.45, 7) is 7.59. The fraction of sp³-hybridized carbons (Fsp3) is 0.750. The normalized spacial score (nSPS) is 18.4. The number of aromatic nitrogens is 2. The summed E-state index contributed by atoms with van der Waals surface area (Å²) in [4.78, 5) is 27.8. The van der Waals surface area contributed by atoms with Crippen LogP contribution in [0.4, 0.5) is 9.93 Å². The molecule has 2 heterocycles. The highest BCUT2D eigenvalue weighted by Gasteiger charge is 2.29. The van der Waals surface area contributed by atoms with E-state index in [9.17, 15) is 9.59 Å². The molecule has 1 aliphatic heterocycles. The molecule has 0 radical (unpaired) electrons. The average Bonchev–Trinajstić information content (AvgIpc) is 2.91. The van der Waals surface area contributed by atoms with E-state index in [0.717, 1.165) is 24.3 Å². The summed E-state index contributed by atoms with van der Waals surface area (Å²) < 4.78 is 0.